The third kappa shape index (κ3) is 5.26. The number of halogens is 1. The van der Waals surface area contributed by atoms with E-state index in [4.69, 9.17) is 11.3 Å². The SMILES string of the molecule is [C-]#[N+]c1c(-c2ccc(O)cc2F)nc2[nH]nc(C)c2c1-c1ccc(N2CCN(C(=O)OC(C)(C)C)CC2)c([N+](=O)[O-])c1. The van der Waals surface area contributed by atoms with Crippen LogP contribution in [-0.4, -0.2) is 68.0 Å². The zero-order valence-corrected chi connectivity index (χ0v) is 23.4. The van der Waals surface area contributed by atoms with Crippen LogP contribution in [0.25, 0.3) is 38.3 Å². The van der Waals surface area contributed by atoms with Crippen molar-refractivity contribution in [1.29, 1.82) is 0 Å². The number of hydrogen-bond acceptors (Lipinski definition) is 8. The molecule has 13 heteroatoms. The number of piperazine rings is 1. The molecule has 0 aliphatic carbocycles. The fraction of sp³-hybridized carbons (Fsp3) is 0.310. The molecule has 1 saturated heterocycles. The number of carbonyl (C=O) groups excluding carboxylic acids is 1. The lowest BCUT2D eigenvalue weighted by Gasteiger charge is -2.36. The zero-order chi connectivity index (χ0) is 30.3. The Labute approximate surface area is 240 Å². The maximum atomic E-state index is 14.9. The summed E-state index contributed by atoms with van der Waals surface area (Å²) in [5.41, 5.74) is 1.03. The van der Waals surface area contributed by atoms with E-state index in [1.54, 1.807) is 44.7 Å². The molecule has 3 heterocycles. The minimum atomic E-state index is -0.777. The molecule has 0 spiro atoms. The van der Waals surface area contributed by atoms with Crippen molar-refractivity contribution in [1.82, 2.24) is 20.1 Å². The van der Waals surface area contributed by atoms with Gasteiger partial charge in [-0.2, -0.15) is 5.10 Å². The number of amides is 1. The number of aromatic nitrogens is 3. The van der Waals surface area contributed by atoms with Gasteiger partial charge in [-0.15, -0.1) is 0 Å². The Kier molecular flexibility index (Phi) is 7.15. The highest BCUT2D eigenvalue weighted by molar-refractivity contribution is 6.06. The number of rotatable bonds is 4. The number of nitro benzene ring substituents is 1. The smallest absolute Gasteiger partial charge is 0.410 e. The molecule has 2 aromatic carbocycles. The molecule has 0 bridgehead atoms. The van der Waals surface area contributed by atoms with Crippen molar-refractivity contribution in [3.05, 3.63) is 69.4 Å². The molecule has 2 aromatic heterocycles. The first-order valence-electron chi connectivity index (χ1n) is 13.1. The Hall–Kier alpha value is -5.25. The van der Waals surface area contributed by atoms with Gasteiger partial charge in [-0.05, 0) is 51.5 Å². The molecule has 12 nitrogen and oxygen atoms in total. The van der Waals surface area contributed by atoms with E-state index >= 15 is 0 Å². The fourth-order valence-corrected chi connectivity index (χ4v) is 5.02. The molecule has 0 saturated carbocycles. The summed E-state index contributed by atoms with van der Waals surface area (Å²) < 4.78 is 20.4. The number of nitro groups is 1. The Morgan fingerprint density at radius 2 is 1.90 bits per heavy atom. The number of carbonyl (C=O) groups is 1. The molecule has 0 atom stereocenters. The third-order valence-corrected chi connectivity index (χ3v) is 6.92. The summed E-state index contributed by atoms with van der Waals surface area (Å²) in [6.45, 7) is 16.4. The van der Waals surface area contributed by atoms with Gasteiger partial charge in [-0.1, -0.05) is 6.07 Å². The van der Waals surface area contributed by atoms with Crippen LogP contribution in [0.1, 0.15) is 26.5 Å². The van der Waals surface area contributed by atoms with E-state index in [-0.39, 0.29) is 34.0 Å². The highest BCUT2D eigenvalue weighted by Crippen LogP contribution is 2.46. The van der Waals surface area contributed by atoms with Crippen LogP contribution in [0, 0.1) is 29.4 Å². The summed E-state index contributed by atoms with van der Waals surface area (Å²) in [6, 6.07) is 8.22. The predicted molar refractivity (Wildman–Crippen MR) is 154 cm³/mol. The van der Waals surface area contributed by atoms with Crippen molar-refractivity contribution < 1.29 is 24.0 Å². The number of aryl methyl sites for hydroxylation is 1. The van der Waals surface area contributed by atoms with E-state index in [1.165, 1.54) is 18.2 Å². The van der Waals surface area contributed by atoms with E-state index in [1.807, 2.05) is 4.90 Å². The second-order valence-corrected chi connectivity index (χ2v) is 10.9. The van der Waals surface area contributed by atoms with Gasteiger partial charge in [-0.3, -0.25) is 15.2 Å². The number of anilines is 1. The molecule has 1 fully saturated rings. The number of phenolic OH excluding ortho intramolecular Hbond substituents is 1. The second-order valence-electron chi connectivity index (χ2n) is 10.9. The largest absolute Gasteiger partial charge is 0.508 e. The normalized spacial score (nSPS) is 13.7. The number of benzene rings is 2. The second kappa shape index (κ2) is 10.6. The van der Waals surface area contributed by atoms with E-state index < -0.39 is 22.4 Å². The lowest BCUT2D eigenvalue weighted by Crippen LogP contribution is -2.50. The summed E-state index contributed by atoms with van der Waals surface area (Å²) in [7, 11) is 0. The molecule has 1 aliphatic heterocycles. The van der Waals surface area contributed by atoms with Gasteiger partial charge in [0.2, 0.25) is 5.69 Å². The number of nitrogens with one attached hydrogen (secondary N) is 1. The molecule has 216 valence electrons. The first-order valence-corrected chi connectivity index (χ1v) is 13.1. The van der Waals surface area contributed by atoms with Crippen molar-refractivity contribution in [2.24, 2.45) is 0 Å². The highest BCUT2D eigenvalue weighted by atomic mass is 19.1. The average molecular weight is 574 g/mol. The van der Waals surface area contributed by atoms with E-state index in [0.29, 0.717) is 54.1 Å². The number of ether oxygens (including phenoxy) is 1. The minimum absolute atomic E-state index is 0.00962. The number of pyridine rings is 1. The van der Waals surface area contributed by atoms with Crippen LogP contribution in [0.2, 0.25) is 0 Å². The van der Waals surface area contributed by atoms with E-state index in [2.05, 4.69) is 20.0 Å². The zero-order valence-electron chi connectivity index (χ0n) is 23.4. The van der Waals surface area contributed by atoms with Gasteiger partial charge in [0.15, 0.2) is 5.65 Å². The van der Waals surface area contributed by atoms with Gasteiger partial charge >= 0.3 is 6.09 Å². The molecule has 2 N–H and O–H groups in total. The summed E-state index contributed by atoms with van der Waals surface area (Å²) in [4.78, 5) is 35.9. The van der Waals surface area contributed by atoms with Crippen molar-refractivity contribution >= 4 is 34.2 Å². The molecule has 42 heavy (non-hydrogen) atoms. The quantitative estimate of drug-likeness (QED) is 0.173. The molecule has 0 radical (unpaired) electrons. The summed E-state index contributed by atoms with van der Waals surface area (Å²) in [6.07, 6.45) is -0.434. The Balaban J connectivity index is 1.58. The Bertz CT molecular complexity index is 1760. The van der Waals surface area contributed by atoms with Crippen LogP contribution in [0.3, 0.4) is 0 Å². The summed E-state index contributed by atoms with van der Waals surface area (Å²) >= 11 is 0. The van der Waals surface area contributed by atoms with E-state index in [9.17, 15) is 24.4 Å². The van der Waals surface area contributed by atoms with E-state index in [0.717, 1.165) is 6.07 Å². The van der Waals surface area contributed by atoms with Crippen LogP contribution in [-0.2, 0) is 4.74 Å². The van der Waals surface area contributed by atoms with Crippen molar-refractivity contribution in [2.75, 3.05) is 31.1 Å². The molecular formula is C29H28FN7O5. The Morgan fingerprint density at radius 1 is 1.19 bits per heavy atom. The standard InChI is InChI=1S/C29H28FN7O5/c1-16-23-24(26(31-5)25(32-27(23)34-33-16)19-8-7-18(38)15-20(19)30)17-6-9-21(22(14-17)37(40)41)35-10-12-36(13-11-35)28(39)42-29(2,3)4/h6-9,14-15,38H,10-13H2,1-4H3,(H,32,33,34). The maximum absolute atomic E-state index is 14.9. The summed E-state index contributed by atoms with van der Waals surface area (Å²) in [5, 5.41) is 29.5. The Morgan fingerprint density at radius 3 is 2.52 bits per heavy atom. The molecule has 1 amide bonds. The van der Waals surface area contributed by atoms with Crippen LogP contribution in [0.5, 0.6) is 5.75 Å². The van der Waals surface area contributed by atoms with Crippen LogP contribution in [0.4, 0.5) is 26.2 Å². The molecular weight excluding hydrogens is 545 g/mol. The van der Waals surface area contributed by atoms with Gasteiger partial charge in [0.1, 0.15) is 22.9 Å². The first-order chi connectivity index (χ1) is 19.9. The molecule has 4 aromatic rings. The number of hydrogen-bond donors (Lipinski definition) is 2. The number of phenols is 1. The predicted octanol–water partition coefficient (Wildman–Crippen LogP) is 5.96. The number of aromatic hydroxyl groups is 1. The van der Waals surface area contributed by atoms with Crippen molar-refractivity contribution in [3.8, 4) is 28.1 Å². The van der Waals surface area contributed by atoms with Gasteiger partial charge < -0.3 is 19.6 Å². The maximum Gasteiger partial charge on any atom is 0.410 e. The number of aromatic amines is 1. The van der Waals surface area contributed by atoms with Gasteiger partial charge in [0.25, 0.3) is 5.69 Å². The average Bonchev–Trinajstić information content (AvgIpc) is 3.31. The lowest BCUT2D eigenvalue weighted by atomic mass is 9.95. The molecule has 1 aliphatic rings. The van der Waals surface area contributed by atoms with Gasteiger partial charge in [0.05, 0.1) is 22.9 Å². The highest BCUT2D eigenvalue weighted by Gasteiger charge is 2.30. The summed E-state index contributed by atoms with van der Waals surface area (Å²) in [5.74, 6) is -1.06. The van der Waals surface area contributed by atoms with Crippen LogP contribution < -0.4 is 4.90 Å². The van der Waals surface area contributed by atoms with Crippen molar-refractivity contribution in [2.45, 2.75) is 33.3 Å². The minimum Gasteiger partial charge on any atom is -0.508 e. The first kappa shape index (κ1) is 28.3. The molecule has 5 rings (SSSR count). The van der Waals surface area contributed by atoms with Gasteiger partial charge in [-0.25, -0.2) is 19.0 Å². The number of nitrogens with zero attached hydrogens (tertiary/aromatic N) is 6. The van der Waals surface area contributed by atoms with Crippen LogP contribution in [0.15, 0.2) is 36.4 Å². The van der Waals surface area contributed by atoms with Crippen molar-refractivity contribution in [3.63, 3.8) is 0 Å². The lowest BCUT2D eigenvalue weighted by molar-refractivity contribution is -0.384. The number of fused-ring (bicyclic) bond motifs is 1. The number of H-pyrrole nitrogens is 1. The van der Waals surface area contributed by atoms with Gasteiger partial charge in [0, 0.05) is 54.8 Å². The fourth-order valence-electron chi connectivity index (χ4n) is 5.02. The monoisotopic (exact) mass is 573 g/mol. The van der Waals surface area contributed by atoms with Crippen LogP contribution >= 0.6 is 0 Å². The molecule has 0 unspecified atom stereocenters. The third-order valence-electron chi connectivity index (χ3n) is 6.92. The topological polar surface area (TPSA) is 142 Å².